The molecule has 3 nitrogen and oxygen atoms in total. The van der Waals surface area contributed by atoms with Crippen molar-refractivity contribution in [3.63, 3.8) is 0 Å². The number of benzene rings is 1. The third-order valence-corrected chi connectivity index (χ3v) is 3.76. The summed E-state index contributed by atoms with van der Waals surface area (Å²) in [7, 11) is 0. The summed E-state index contributed by atoms with van der Waals surface area (Å²) in [5, 5.41) is 5.48. The van der Waals surface area contributed by atoms with Gasteiger partial charge in [-0.15, -0.1) is 11.3 Å². The van der Waals surface area contributed by atoms with E-state index in [-0.39, 0.29) is 11.0 Å². The lowest BCUT2D eigenvalue weighted by molar-refractivity contribution is -0.144. The summed E-state index contributed by atoms with van der Waals surface area (Å²) >= 11 is 7.20. The van der Waals surface area contributed by atoms with E-state index in [2.05, 4.69) is 15.3 Å². The van der Waals surface area contributed by atoms with Gasteiger partial charge in [-0.1, -0.05) is 11.6 Å². The highest BCUT2D eigenvalue weighted by molar-refractivity contribution is 7.17. The second-order valence-corrected chi connectivity index (χ2v) is 5.53. The highest BCUT2D eigenvalue weighted by Gasteiger charge is 2.35. The van der Waals surface area contributed by atoms with Gasteiger partial charge in [0.25, 0.3) is 0 Å². The zero-order valence-electron chi connectivity index (χ0n) is 10.3. The number of anilines is 2. The summed E-state index contributed by atoms with van der Waals surface area (Å²) < 4.78 is 39.0. The Labute approximate surface area is 126 Å². The van der Waals surface area contributed by atoms with Gasteiger partial charge in [0.15, 0.2) is 0 Å². The largest absolute Gasteiger partial charge is 0.451 e. The molecule has 0 spiro atoms. The van der Waals surface area contributed by atoms with Crippen LogP contribution in [0.15, 0.2) is 35.7 Å². The molecule has 1 N–H and O–H groups in total. The van der Waals surface area contributed by atoms with E-state index in [0.717, 1.165) is 10.1 Å². The first-order valence-corrected chi connectivity index (χ1v) is 7.04. The highest BCUT2D eigenvalue weighted by atomic mass is 35.5. The van der Waals surface area contributed by atoms with Crippen LogP contribution in [0.3, 0.4) is 0 Å². The van der Waals surface area contributed by atoms with Gasteiger partial charge in [-0.25, -0.2) is 9.97 Å². The fourth-order valence-electron chi connectivity index (χ4n) is 1.80. The molecule has 0 aliphatic carbocycles. The van der Waals surface area contributed by atoms with E-state index in [4.69, 9.17) is 11.6 Å². The molecule has 0 saturated heterocycles. The first-order chi connectivity index (χ1) is 9.91. The minimum absolute atomic E-state index is 0.00287. The Morgan fingerprint density at radius 2 is 1.90 bits per heavy atom. The predicted molar refractivity (Wildman–Crippen MR) is 77.2 cm³/mol. The number of alkyl halides is 3. The summed E-state index contributed by atoms with van der Waals surface area (Å²) in [5.74, 6) is -1.27. The van der Waals surface area contributed by atoms with E-state index in [1.165, 1.54) is 6.07 Å². The number of hydrogen-bond acceptors (Lipinski definition) is 4. The molecule has 3 rings (SSSR count). The fourth-order valence-corrected chi connectivity index (χ4v) is 2.76. The quantitative estimate of drug-likeness (QED) is 0.664. The summed E-state index contributed by atoms with van der Waals surface area (Å²) in [4.78, 5) is 6.62. The standard InChI is InChI=1S/C13H7ClF3N3S/c14-10-6-11(20-12(19-10)13(15,16)17)18-8-1-2-9-7(5-8)3-4-21-9/h1-6H,(H,18,19,20). The molecule has 0 saturated carbocycles. The number of nitrogens with zero attached hydrogens (tertiary/aromatic N) is 2. The van der Waals surface area contributed by atoms with Crippen molar-refractivity contribution >= 4 is 44.5 Å². The molecule has 0 unspecified atom stereocenters. The number of rotatable bonds is 2. The summed E-state index contributed by atoms with van der Waals surface area (Å²) in [6, 6.07) is 8.65. The molecule has 1 aromatic carbocycles. The molecule has 0 fully saturated rings. The smallest absolute Gasteiger partial charge is 0.340 e. The zero-order valence-corrected chi connectivity index (χ0v) is 11.9. The molecular weight excluding hydrogens is 323 g/mol. The summed E-state index contributed by atoms with van der Waals surface area (Å²) in [6.07, 6.45) is -4.64. The van der Waals surface area contributed by atoms with Crippen molar-refractivity contribution in [2.75, 3.05) is 5.32 Å². The Hall–Kier alpha value is -1.86. The Kier molecular flexibility index (Phi) is 3.46. The van der Waals surface area contributed by atoms with Crippen LogP contribution in [0.1, 0.15) is 5.82 Å². The van der Waals surface area contributed by atoms with E-state index >= 15 is 0 Å². The van der Waals surface area contributed by atoms with Crippen molar-refractivity contribution in [3.8, 4) is 0 Å². The Morgan fingerprint density at radius 1 is 1.10 bits per heavy atom. The SMILES string of the molecule is FC(F)(F)c1nc(Cl)cc(Nc2ccc3sccc3c2)n1. The molecule has 0 aliphatic heterocycles. The maximum atomic E-state index is 12.6. The fraction of sp³-hybridized carbons (Fsp3) is 0.0769. The summed E-state index contributed by atoms with van der Waals surface area (Å²) in [5.41, 5.74) is 0.629. The Balaban J connectivity index is 1.95. The van der Waals surface area contributed by atoms with Crippen LogP contribution in [0, 0.1) is 0 Å². The first-order valence-electron chi connectivity index (χ1n) is 5.78. The molecule has 3 aromatic rings. The van der Waals surface area contributed by atoms with Gasteiger partial charge in [0.1, 0.15) is 11.0 Å². The molecule has 0 bridgehead atoms. The van der Waals surface area contributed by atoms with Crippen molar-refractivity contribution in [2.45, 2.75) is 6.18 Å². The molecule has 0 atom stereocenters. The third kappa shape index (κ3) is 3.08. The van der Waals surface area contributed by atoms with Crippen LogP contribution >= 0.6 is 22.9 Å². The van der Waals surface area contributed by atoms with Gasteiger partial charge in [0, 0.05) is 16.5 Å². The lowest BCUT2D eigenvalue weighted by Gasteiger charge is -2.09. The van der Waals surface area contributed by atoms with Crippen molar-refractivity contribution in [1.29, 1.82) is 0 Å². The van der Waals surface area contributed by atoms with E-state index in [0.29, 0.717) is 5.69 Å². The van der Waals surface area contributed by atoms with Crippen molar-refractivity contribution in [3.05, 3.63) is 46.7 Å². The van der Waals surface area contributed by atoms with Gasteiger partial charge in [-0.05, 0) is 35.0 Å². The Morgan fingerprint density at radius 3 is 2.67 bits per heavy atom. The minimum atomic E-state index is -4.64. The third-order valence-electron chi connectivity index (χ3n) is 2.67. The number of aromatic nitrogens is 2. The molecule has 0 amide bonds. The van der Waals surface area contributed by atoms with Gasteiger partial charge in [0.05, 0.1) is 0 Å². The van der Waals surface area contributed by atoms with Crippen molar-refractivity contribution in [1.82, 2.24) is 9.97 Å². The van der Waals surface area contributed by atoms with Crippen LogP contribution in [-0.2, 0) is 6.18 Å². The maximum Gasteiger partial charge on any atom is 0.451 e. The van der Waals surface area contributed by atoms with Gasteiger partial charge in [0.2, 0.25) is 5.82 Å². The van der Waals surface area contributed by atoms with Gasteiger partial charge in [-0.2, -0.15) is 13.2 Å². The topological polar surface area (TPSA) is 37.8 Å². The number of nitrogens with one attached hydrogen (secondary N) is 1. The minimum Gasteiger partial charge on any atom is -0.340 e. The average molecular weight is 330 g/mol. The molecular formula is C13H7ClF3N3S. The van der Waals surface area contributed by atoms with Crippen LogP contribution in [0.25, 0.3) is 10.1 Å². The molecule has 2 heterocycles. The maximum absolute atomic E-state index is 12.6. The zero-order chi connectivity index (χ0) is 15.0. The number of halogens is 4. The van der Waals surface area contributed by atoms with E-state index in [1.807, 2.05) is 23.6 Å². The lowest BCUT2D eigenvalue weighted by Crippen LogP contribution is -2.12. The molecule has 21 heavy (non-hydrogen) atoms. The molecule has 0 aliphatic rings. The molecule has 2 aromatic heterocycles. The molecule has 8 heteroatoms. The number of fused-ring (bicyclic) bond motifs is 1. The monoisotopic (exact) mass is 329 g/mol. The van der Waals surface area contributed by atoms with Gasteiger partial charge >= 0.3 is 6.18 Å². The van der Waals surface area contributed by atoms with Crippen LogP contribution < -0.4 is 5.32 Å². The normalized spacial score (nSPS) is 11.8. The summed E-state index contributed by atoms with van der Waals surface area (Å²) in [6.45, 7) is 0. The first kappa shape index (κ1) is 14.1. The van der Waals surface area contributed by atoms with Crippen LogP contribution in [0.2, 0.25) is 5.15 Å². The van der Waals surface area contributed by atoms with Crippen LogP contribution in [-0.4, -0.2) is 9.97 Å². The van der Waals surface area contributed by atoms with Crippen LogP contribution in [0.4, 0.5) is 24.7 Å². The average Bonchev–Trinajstić information content (AvgIpc) is 2.84. The van der Waals surface area contributed by atoms with Gasteiger partial charge in [-0.3, -0.25) is 0 Å². The van der Waals surface area contributed by atoms with Crippen molar-refractivity contribution < 1.29 is 13.2 Å². The Bertz CT molecular complexity index is 801. The van der Waals surface area contributed by atoms with Gasteiger partial charge < -0.3 is 5.32 Å². The van der Waals surface area contributed by atoms with E-state index in [1.54, 1.807) is 17.4 Å². The van der Waals surface area contributed by atoms with Crippen molar-refractivity contribution in [2.24, 2.45) is 0 Å². The second kappa shape index (κ2) is 5.16. The number of thiophene rings is 1. The lowest BCUT2D eigenvalue weighted by atomic mass is 10.2. The highest BCUT2D eigenvalue weighted by Crippen LogP contribution is 2.30. The van der Waals surface area contributed by atoms with E-state index in [9.17, 15) is 13.2 Å². The van der Waals surface area contributed by atoms with Crippen LogP contribution in [0.5, 0.6) is 0 Å². The molecule has 0 radical (unpaired) electrons. The number of hydrogen-bond donors (Lipinski definition) is 1. The second-order valence-electron chi connectivity index (χ2n) is 4.20. The van der Waals surface area contributed by atoms with E-state index < -0.39 is 12.0 Å². The molecule has 108 valence electrons. The predicted octanol–water partition coefficient (Wildman–Crippen LogP) is 5.11.